The van der Waals surface area contributed by atoms with Gasteiger partial charge in [-0.2, -0.15) is 0 Å². The van der Waals surface area contributed by atoms with Crippen LogP contribution < -0.4 is 10.2 Å². The molecule has 0 saturated carbocycles. The standard InChI is InChI=1S/C20H30BF2NO4/c1-18(2)19(3,4)28-21(27-18)15-6-8-17(9-7-15)26-13-16(25)12-24-11-5-10-20(22,23)14-24/h6-9,16,25H,5,10-14H2,1-4H3. The Morgan fingerprint density at radius 3 is 2.32 bits per heavy atom. The summed E-state index contributed by atoms with van der Waals surface area (Å²) in [5.74, 6) is -2.06. The van der Waals surface area contributed by atoms with Crippen molar-refractivity contribution in [2.24, 2.45) is 0 Å². The van der Waals surface area contributed by atoms with Gasteiger partial charge in [-0.1, -0.05) is 12.1 Å². The van der Waals surface area contributed by atoms with Crippen LogP contribution in [0.3, 0.4) is 0 Å². The first-order valence-electron chi connectivity index (χ1n) is 9.84. The summed E-state index contributed by atoms with van der Waals surface area (Å²) in [5, 5.41) is 10.1. The third-order valence-corrected chi connectivity index (χ3v) is 5.79. The van der Waals surface area contributed by atoms with Crippen molar-refractivity contribution in [1.29, 1.82) is 0 Å². The average molecular weight is 397 g/mol. The molecule has 0 aliphatic carbocycles. The summed E-state index contributed by atoms with van der Waals surface area (Å²) in [6, 6.07) is 7.33. The first-order valence-corrected chi connectivity index (χ1v) is 9.84. The molecule has 5 nitrogen and oxygen atoms in total. The van der Waals surface area contributed by atoms with Gasteiger partial charge in [0.2, 0.25) is 0 Å². The molecule has 2 aliphatic rings. The molecule has 0 aromatic heterocycles. The molecule has 0 bridgehead atoms. The van der Waals surface area contributed by atoms with E-state index < -0.39 is 30.3 Å². The number of piperidine rings is 1. The molecule has 1 aromatic carbocycles. The van der Waals surface area contributed by atoms with Crippen LogP contribution in [-0.2, 0) is 9.31 Å². The fourth-order valence-electron chi connectivity index (χ4n) is 3.45. The average Bonchev–Trinajstić information content (AvgIpc) is 2.80. The van der Waals surface area contributed by atoms with Crippen LogP contribution in [-0.4, -0.2) is 66.6 Å². The Morgan fingerprint density at radius 1 is 1.14 bits per heavy atom. The normalized spacial score (nSPS) is 24.9. The van der Waals surface area contributed by atoms with Gasteiger partial charge in [-0.3, -0.25) is 4.90 Å². The zero-order chi connectivity index (χ0) is 20.6. The molecule has 8 heteroatoms. The molecule has 1 aromatic rings. The lowest BCUT2D eigenvalue weighted by atomic mass is 9.79. The molecule has 2 saturated heterocycles. The third-order valence-electron chi connectivity index (χ3n) is 5.79. The van der Waals surface area contributed by atoms with Crippen LogP contribution >= 0.6 is 0 Å². The number of ether oxygens (including phenoxy) is 1. The molecule has 2 heterocycles. The summed E-state index contributed by atoms with van der Waals surface area (Å²) in [6.45, 7) is 8.53. The second-order valence-electron chi connectivity index (χ2n) is 8.82. The van der Waals surface area contributed by atoms with Gasteiger partial charge in [-0.05, 0) is 58.3 Å². The van der Waals surface area contributed by atoms with E-state index in [9.17, 15) is 13.9 Å². The van der Waals surface area contributed by atoms with Crippen LogP contribution in [0, 0.1) is 0 Å². The lowest BCUT2D eigenvalue weighted by Gasteiger charge is -2.33. The lowest BCUT2D eigenvalue weighted by Crippen LogP contribution is -2.46. The predicted octanol–water partition coefficient (Wildman–Crippen LogP) is 2.46. The van der Waals surface area contributed by atoms with Crippen molar-refractivity contribution >= 4 is 12.6 Å². The Hall–Kier alpha value is -1.22. The van der Waals surface area contributed by atoms with Crippen molar-refractivity contribution in [2.75, 3.05) is 26.2 Å². The van der Waals surface area contributed by atoms with Crippen LogP contribution in [0.25, 0.3) is 0 Å². The maximum Gasteiger partial charge on any atom is 0.494 e. The summed E-state index contributed by atoms with van der Waals surface area (Å²) in [4.78, 5) is 1.60. The number of nitrogens with zero attached hydrogens (tertiary/aromatic N) is 1. The van der Waals surface area contributed by atoms with Crippen molar-refractivity contribution in [1.82, 2.24) is 4.90 Å². The van der Waals surface area contributed by atoms with Crippen LogP contribution in [0.1, 0.15) is 40.5 Å². The van der Waals surface area contributed by atoms with Gasteiger partial charge in [0.15, 0.2) is 0 Å². The number of aliphatic hydroxyl groups excluding tert-OH is 1. The van der Waals surface area contributed by atoms with Crippen LogP contribution in [0.5, 0.6) is 5.75 Å². The number of aliphatic hydroxyl groups is 1. The summed E-state index contributed by atoms with van der Waals surface area (Å²) >= 11 is 0. The minimum Gasteiger partial charge on any atom is -0.491 e. The van der Waals surface area contributed by atoms with Crippen LogP contribution in [0.4, 0.5) is 8.78 Å². The minimum absolute atomic E-state index is 0.0535. The van der Waals surface area contributed by atoms with Crippen molar-refractivity contribution in [2.45, 2.75) is 63.8 Å². The first-order chi connectivity index (χ1) is 13.0. The van der Waals surface area contributed by atoms with Crippen LogP contribution in [0.2, 0.25) is 0 Å². The minimum atomic E-state index is -2.66. The molecule has 1 atom stereocenters. The Bertz CT molecular complexity index is 653. The molecule has 0 spiro atoms. The molecule has 28 heavy (non-hydrogen) atoms. The van der Waals surface area contributed by atoms with E-state index in [0.717, 1.165) is 5.46 Å². The van der Waals surface area contributed by atoms with Gasteiger partial charge in [0, 0.05) is 13.0 Å². The molecule has 1 N–H and O–H groups in total. The Morgan fingerprint density at radius 2 is 1.75 bits per heavy atom. The monoisotopic (exact) mass is 397 g/mol. The van der Waals surface area contributed by atoms with Gasteiger partial charge < -0.3 is 19.2 Å². The first kappa shape index (κ1) is 21.5. The SMILES string of the molecule is CC1(C)OB(c2ccc(OCC(O)CN3CCCC(F)(F)C3)cc2)OC1(C)C. The van der Waals surface area contributed by atoms with Crippen molar-refractivity contribution in [3.63, 3.8) is 0 Å². The van der Waals surface area contributed by atoms with E-state index in [1.54, 1.807) is 17.0 Å². The second-order valence-corrected chi connectivity index (χ2v) is 8.82. The number of rotatable bonds is 6. The smallest absolute Gasteiger partial charge is 0.491 e. The number of benzene rings is 1. The fraction of sp³-hybridized carbons (Fsp3) is 0.700. The maximum atomic E-state index is 13.4. The number of likely N-dealkylation sites (tertiary alicyclic amines) is 1. The molecular weight excluding hydrogens is 367 g/mol. The molecular formula is C20H30BF2NO4. The topological polar surface area (TPSA) is 51.2 Å². The highest BCUT2D eigenvalue weighted by molar-refractivity contribution is 6.62. The van der Waals surface area contributed by atoms with E-state index in [1.165, 1.54) is 0 Å². The highest BCUT2D eigenvalue weighted by Gasteiger charge is 2.51. The molecule has 2 fully saturated rings. The van der Waals surface area contributed by atoms with Crippen molar-refractivity contribution in [3.05, 3.63) is 24.3 Å². The van der Waals surface area contributed by atoms with E-state index in [4.69, 9.17) is 14.0 Å². The number of hydrogen-bond acceptors (Lipinski definition) is 5. The van der Waals surface area contributed by atoms with Gasteiger partial charge in [-0.25, -0.2) is 8.78 Å². The molecule has 2 aliphatic heterocycles. The summed E-state index contributed by atoms with van der Waals surface area (Å²) in [6.07, 6.45) is -0.455. The van der Waals surface area contributed by atoms with E-state index in [1.807, 2.05) is 39.8 Å². The zero-order valence-corrected chi connectivity index (χ0v) is 17.1. The summed E-state index contributed by atoms with van der Waals surface area (Å²) in [7, 11) is -0.439. The molecule has 156 valence electrons. The second kappa shape index (κ2) is 7.90. The summed E-state index contributed by atoms with van der Waals surface area (Å²) < 4.78 is 44.5. The maximum absolute atomic E-state index is 13.4. The van der Waals surface area contributed by atoms with E-state index in [0.29, 0.717) is 18.7 Å². The summed E-state index contributed by atoms with van der Waals surface area (Å²) in [5.41, 5.74) is 0.0897. The van der Waals surface area contributed by atoms with Gasteiger partial charge in [0.25, 0.3) is 5.92 Å². The number of alkyl halides is 2. The quantitative estimate of drug-likeness (QED) is 0.748. The van der Waals surface area contributed by atoms with Gasteiger partial charge >= 0.3 is 7.12 Å². The van der Waals surface area contributed by atoms with E-state index in [2.05, 4.69) is 0 Å². The van der Waals surface area contributed by atoms with Crippen LogP contribution in [0.15, 0.2) is 24.3 Å². The lowest BCUT2D eigenvalue weighted by molar-refractivity contribution is -0.0737. The third kappa shape index (κ3) is 5.03. The highest BCUT2D eigenvalue weighted by atomic mass is 19.3. The Balaban J connectivity index is 1.48. The number of hydrogen-bond donors (Lipinski definition) is 1. The molecule has 3 rings (SSSR count). The highest BCUT2D eigenvalue weighted by Crippen LogP contribution is 2.36. The Labute approximate surface area is 166 Å². The van der Waals surface area contributed by atoms with Gasteiger partial charge in [0.05, 0.1) is 17.7 Å². The number of halogens is 2. The van der Waals surface area contributed by atoms with Gasteiger partial charge in [-0.15, -0.1) is 0 Å². The Kier molecular flexibility index (Phi) is 6.06. The molecule has 0 amide bonds. The van der Waals surface area contributed by atoms with Crippen molar-refractivity contribution in [3.8, 4) is 5.75 Å². The zero-order valence-electron chi connectivity index (χ0n) is 17.1. The van der Waals surface area contributed by atoms with Gasteiger partial charge in [0.1, 0.15) is 18.5 Å². The van der Waals surface area contributed by atoms with E-state index in [-0.39, 0.29) is 26.1 Å². The van der Waals surface area contributed by atoms with Crippen molar-refractivity contribution < 1.29 is 27.9 Å². The predicted molar refractivity (Wildman–Crippen MR) is 104 cm³/mol. The molecule has 0 radical (unpaired) electrons. The fourth-order valence-corrected chi connectivity index (χ4v) is 3.45. The van der Waals surface area contributed by atoms with E-state index >= 15 is 0 Å². The number of β-amino-alcohol motifs (C(OH)–C–C–N with tert-alkyl or cyclic N) is 1. The molecule has 1 unspecified atom stereocenters. The largest absolute Gasteiger partial charge is 0.494 e.